The third-order valence-electron chi connectivity index (χ3n) is 5.25. The lowest BCUT2D eigenvalue weighted by molar-refractivity contribution is -0.138. The van der Waals surface area contributed by atoms with Crippen molar-refractivity contribution in [2.75, 3.05) is 38.1 Å². The van der Waals surface area contributed by atoms with E-state index >= 15 is 0 Å². The first-order valence-corrected chi connectivity index (χ1v) is 9.93. The number of alkyl halides is 1. The highest BCUT2D eigenvalue weighted by atomic mass is 79.9. The molecule has 0 radical (unpaired) electrons. The van der Waals surface area contributed by atoms with E-state index in [0.29, 0.717) is 11.8 Å². The van der Waals surface area contributed by atoms with Gasteiger partial charge in [0.05, 0.1) is 0 Å². The highest BCUT2D eigenvalue weighted by molar-refractivity contribution is 9.09. The van der Waals surface area contributed by atoms with Crippen molar-refractivity contribution in [1.29, 1.82) is 0 Å². The fourth-order valence-electron chi connectivity index (χ4n) is 3.76. The molecule has 0 atom stereocenters. The second kappa shape index (κ2) is 9.14. The molecule has 2 rings (SSSR count). The van der Waals surface area contributed by atoms with Crippen LogP contribution in [0.5, 0.6) is 0 Å². The molecular formula is C17H31BrN2O. The second-order valence-corrected chi connectivity index (χ2v) is 7.51. The number of hydrogen-bond acceptors (Lipinski definition) is 2. The van der Waals surface area contributed by atoms with Crippen molar-refractivity contribution in [2.45, 2.75) is 51.9 Å². The molecule has 3 nitrogen and oxygen atoms in total. The Bertz CT molecular complexity index is 308. The molecule has 1 heterocycles. The fraction of sp³-hybridized carbons (Fsp3) is 0.941. The van der Waals surface area contributed by atoms with E-state index in [0.717, 1.165) is 56.8 Å². The number of unbranched alkanes of at least 4 members (excludes halogenated alkanes) is 1. The molecule has 0 aromatic carbocycles. The van der Waals surface area contributed by atoms with Crippen molar-refractivity contribution in [2.24, 2.45) is 11.8 Å². The van der Waals surface area contributed by atoms with Crippen LogP contribution < -0.4 is 0 Å². The van der Waals surface area contributed by atoms with Gasteiger partial charge in [0, 0.05) is 44.0 Å². The number of halogens is 1. The first-order valence-electron chi connectivity index (χ1n) is 8.81. The van der Waals surface area contributed by atoms with Crippen LogP contribution >= 0.6 is 15.9 Å². The lowest BCUT2D eigenvalue weighted by Crippen LogP contribution is -2.51. The minimum atomic E-state index is 0.325. The third-order valence-corrected chi connectivity index (χ3v) is 5.60. The van der Waals surface area contributed by atoms with Gasteiger partial charge in [0.2, 0.25) is 5.91 Å². The number of piperazine rings is 1. The van der Waals surface area contributed by atoms with Crippen LogP contribution in [0, 0.1) is 11.8 Å². The minimum Gasteiger partial charge on any atom is -0.340 e. The Morgan fingerprint density at radius 1 is 1.10 bits per heavy atom. The molecule has 1 aliphatic heterocycles. The van der Waals surface area contributed by atoms with Gasteiger partial charge in [0.15, 0.2) is 0 Å². The maximum atomic E-state index is 12.6. The summed E-state index contributed by atoms with van der Waals surface area (Å²) in [5.41, 5.74) is 0. The van der Waals surface area contributed by atoms with E-state index in [9.17, 15) is 4.79 Å². The lowest BCUT2D eigenvalue weighted by atomic mass is 9.79. The molecule has 0 bridgehead atoms. The highest BCUT2D eigenvalue weighted by Crippen LogP contribution is 2.33. The summed E-state index contributed by atoms with van der Waals surface area (Å²) in [7, 11) is 0. The summed E-state index contributed by atoms with van der Waals surface area (Å²) in [6.45, 7) is 7.32. The van der Waals surface area contributed by atoms with Gasteiger partial charge in [-0.05, 0) is 31.6 Å². The molecule has 0 N–H and O–H groups in total. The molecular weight excluding hydrogens is 328 g/mol. The quantitative estimate of drug-likeness (QED) is 0.678. The average molecular weight is 359 g/mol. The summed E-state index contributed by atoms with van der Waals surface area (Å²) in [5.74, 6) is 1.66. The number of carbonyl (C=O) groups excluding carboxylic acids is 1. The number of nitrogens with zero attached hydrogens (tertiary/aromatic N) is 2. The molecule has 1 amide bonds. The van der Waals surface area contributed by atoms with Crippen LogP contribution in [0.2, 0.25) is 0 Å². The maximum Gasteiger partial charge on any atom is 0.225 e. The zero-order chi connectivity index (χ0) is 15.1. The molecule has 1 saturated carbocycles. The van der Waals surface area contributed by atoms with Crippen LogP contribution in [0.15, 0.2) is 0 Å². The van der Waals surface area contributed by atoms with E-state index in [2.05, 4.69) is 32.7 Å². The van der Waals surface area contributed by atoms with Crippen LogP contribution in [0.3, 0.4) is 0 Å². The smallest absolute Gasteiger partial charge is 0.225 e. The normalized spacial score (nSPS) is 27.8. The van der Waals surface area contributed by atoms with E-state index in [-0.39, 0.29) is 0 Å². The fourth-order valence-corrected chi connectivity index (χ4v) is 4.26. The van der Waals surface area contributed by atoms with Crippen LogP contribution in [-0.4, -0.2) is 53.8 Å². The Morgan fingerprint density at radius 2 is 1.76 bits per heavy atom. The minimum absolute atomic E-state index is 0.325. The first kappa shape index (κ1) is 17.3. The van der Waals surface area contributed by atoms with Crippen molar-refractivity contribution in [3.63, 3.8) is 0 Å². The Hall–Kier alpha value is -0.0900. The number of hydrogen-bond donors (Lipinski definition) is 0. The predicted molar refractivity (Wildman–Crippen MR) is 91.8 cm³/mol. The Balaban J connectivity index is 1.70. The molecule has 21 heavy (non-hydrogen) atoms. The summed E-state index contributed by atoms with van der Waals surface area (Å²) < 4.78 is 0. The van der Waals surface area contributed by atoms with Crippen LogP contribution in [0.25, 0.3) is 0 Å². The van der Waals surface area contributed by atoms with Crippen LogP contribution in [0.4, 0.5) is 0 Å². The predicted octanol–water partition coefficient (Wildman–Crippen LogP) is 3.52. The molecule has 0 aromatic heterocycles. The van der Waals surface area contributed by atoms with Crippen LogP contribution in [0.1, 0.15) is 51.9 Å². The Morgan fingerprint density at radius 3 is 2.33 bits per heavy atom. The van der Waals surface area contributed by atoms with Gasteiger partial charge in [-0.3, -0.25) is 9.69 Å². The summed E-state index contributed by atoms with van der Waals surface area (Å²) in [6, 6.07) is 0. The first-order chi connectivity index (χ1) is 10.2. The summed E-state index contributed by atoms with van der Waals surface area (Å²) in [4.78, 5) is 17.2. The zero-order valence-corrected chi connectivity index (χ0v) is 15.1. The third kappa shape index (κ3) is 5.24. The molecule has 1 saturated heterocycles. The molecule has 1 aliphatic carbocycles. The van der Waals surface area contributed by atoms with Crippen molar-refractivity contribution in [1.82, 2.24) is 9.80 Å². The van der Waals surface area contributed by atoms with E-state index in [1.807, 2.05) is 0 Å². The monoisotopic (exact) mass is 358 g/mol. The maximum absolute atomic E-state index is 12.6. The molecule has 122 valence electrons. The van der Waals surface area contributed by atoms with Gasteiger partial charge in [0.1, 0.15) is 0 Å². The number of carbonyl (C=O) groups is 1. The Labute approximate surface area is 138 Å². The van der Waals surface area contributed by atoms with Crippen molar-refractivity contribution in [3.05, 3.63) is 0 Å². The van der Waals surface area contributed by atoms with Crippen LogP contribution in [-0.2, 0) is 4.79 Å². The van der Waals surface area contributed by atoms with Crippen molar-refractivity contribution >= 4 is 21.8 Å². The summed E-state index contributed by atoms with van der Waals surface area (Å²) in [5, 5.41) is 1.03. The largest absolute Gasteiger partial charge is 0.340 e. The topological polar surface area (TPSA) is 23.6 Å². The van der Waals surface area contributed by atoms with E-state index < -0.39 is 0 Å². The molecule has 2 aliphatic rings. The van der Waals surface area contributed by atoms with E-state index in [1.54, 1.807) is 0 Å². The molecule has 0 unspecified atom stereocenters. The van der Waals surface area contributed by atoms with Gasteiger partial charge in [-0.25, -0.2) is 0 Å². The van der Waals surface area contributed by atoms with E-state index in [1.165, 1.54) is 32.1 Å². The highest BCUT2D eigenvalue weighted by Gasteiger charge is 2.30. The SMILES string of the molecule is CCCCC1CCC(C(=O)N2CCN(CCBr)CC2)CC1. The van der Waals surface area contributed by atoms with Gasteiger partial charge in [-0.2, -0.15) is 0 Å². The standard InChI is InChI=1S/C17H31BrN2O/c1-2-3-4-15-5-7-16(8-6-15)17(21)20-13-11-19(10-9-18)12-14-20/h15-16H,2-14H2,1H3. The average Bonchev–Trinajstić information content (AvgIpc) is 2.54. The lowest BCUT2D eigenvalue weighted by Gasteiger charge is -2.37. The summed E-state index contributed by atoms with van der Waals surface area (Å²) in [6.07, 6.45) is 8.86. The van der Waals surface area contributed by atoms with Gasteiger partial charge in [0.25, 0.3) is 0 Å². The molecule has 0 spiro atoms. The zero-order valence-electron chi connectivity index (χ0n) is 13.5. The second-order valence-electron chi connectivity index (χ2n) is 6.72. The number of amides is 1. The summed E-state index contributed by atoms with van der Waals surface area (Å²) >= 11 is 3.49. The van der Waals surface area contributed by atoms with Gasteiger partial charge in [-0.15, -0.1) is 0 Å². The molecule has 2 fully saturated rings. The van der Waals surface area contributed by atoms with Crippen molar-refractivity contribution < 1.29 is 4.79 Å². The van der Waals surface area contributed by atoms with Crippen molar-refractivity contribution in [3.8, 4) is 0 Å². The van der Waals surface area contributed by atoms with Gasteiger partial charge in [-0.1, -0.05) is 42.1 Å². The van der Waals surface area contributed by atoms with Gasteiger partial charge < -0.3 is 4.90 Å². The molecule has 4 heteroatoms. The van der Waals surface area contributed by atoms with Gasteiger partial charge >= 0.3 is 0 Å². The Kier molecular flexibility index (Phi) is 7.51. The number of rotatable bonds is 6. The molecule has 0 aromatic rings. The van der Waals surface area contributed by atoms with E-state index in [4.69, 9.17) is 0 Å².